The van der Waals surface area contributed by atoms with Gasteiger partial charge >= 0.3 is 0 Å². The van der Waals surface area contributed by atoms with Crippen LogP contribution in [-0.4, -0.2) is 6.04 Å². The Bertz CT molecular complexity index is 635. The molecule has 1 aliphatic rings. The molecule has 104 valence electrons. The van der Waals surface area contributed by atoms with Crippen LogP contribution in [0.4, 0.5) is 4.39 Å². The number of hydrogen-bond acceptors (Lipinski definition) is 1. The molecule has 0 unspecified atom stereocenters. The number of rotatable bonds is 4. The molecule has 0 radical (unpaired) electrons. The Morgan fingerprint density at radius 2 is 1.95 bits per heavy atom. The van der Waals surface area contributed by atoms with Crippen LogP contribution < -0.4 is 5.32 Å². The molecule has 0 heterocycles. The van der Waals surface area contributed by atoms with Crippen LogP contribution in [0.5, 0.6) is 0 Å². The van der Waals surface area contributed by atoms with E-state index in [1.54, 1.807) is 12.1 Å². The molecule has 3 rings (SSSR count). The first-order chi connectivity index (χ1) is 9.63. The molecule has 0 aliphatic heterocycles. The highest BCUT2D eigenvalue weighted by atomic mass is 35.5. The van der Waals surface area contributed by atoms with Crippen molar-refractivity contribution < 1.29 is 4.39 Å². The summed E-state index contributed by atoms with van der Waals surface area (Å²) in [5, 5.41) is 3.91. The number of aryl methyl sites for hydroxylation is 1. The normalized spacial score (nSPS) is 14.6. The quantitative estimate of drug-likeness (QED) is 0.860. The molecule has 0 saturated heterocycles. The lowest BCUT2D eigenvalue weighted by Crippen LogP contribution is -2.15. The average Bonchev–Trinajstić information content (AvgIpc) is 3.22. The fraction of sp³-hybridized carbons (Fsp3) is 0.294. The van der Waals surface area contributed by atoms with E-state index < -0.39 is 0 Å². The standard InChI is InChI=1S/C17H17ClFN/c1-11-2-3-12(10-20-14-5-6-14)8-16(11)15-7-4-13(18)9-17(15)19/h2-4,7-9,14,20H,5-6,10H2,1H3. The van der Waals surface area contributed by atoms with E-state index in [0.717, 1.165) is 17.7 Å². The maximum absolute atomic E-state index is 14.1. The van der Waals surface area contributed by atoms with Crippen molar-refractivity contribution in [3.8, 4) is 11.1 Å². The molecule has 1 fully saturated rings. The van der Waals surface area contributed by atoms with Gasteiger partial charge < -0.3 is 5.32 Å². The van der Waals surface area contributed by atoms with Gasteiger partial charge in [0.1, 0.15) is 5.82 Å². The Balaban J connectivity index is 1.92. The van der Waals surface area contributed by atoms with Crippen molar-refractivity contribution in [1.29, 1.82) is 0 Å². The fourth-order valence-corrected chi connectivity index (χ4v) is 2.49. The maximum atomic E-state index is 14.1. The summed E-state index contributed by atoms with van der Waals surface area (Å²) in [6, 6.07) is 11.7. The van der Waals surface area contributed by atoms with Crippen LogP contribution in [0.25, 0.3) is 11.1 Å². The Kier molecular flexibility index (Phi) is 3.77. The molecule has 1 nitrogen and oxygen atoms in total. The predicted octanol–water partition coefficient (Wildman–Crippen LogP) is 4.71. The molecule has 0 bridgehead atoms. The van der Waals surface area contributed by atoms with Gasteiger partial charge in [0.25, 0.3) is 0 Å². The first kappa shape index (κ1) is 13.6. The molecule has 0 spiro atoms. The number of hydrogen-bond donors (Lipinski definition) is 1. The van der Waals surface area contributed by atoms with E-state index >= 15 is 0 Å². The largest absolute Gasteiger partial charge is 0.310 e. The molecular weight excluding hydrogens is 273 g/mol. The first-order valence-corrected chi connectivity index (χ1v) is 7.29. The smallest absolute Gasteiger partial charge is 0.132 e. The Labute approximate surface area is 123 Å². The van der Waals surface area contributed by atoms with Gasteiger partial charge in [-0.05, 0) is 60.7 Å². The van der Waals surface area contributed by atoms with Gasteiger partial charge in [0.15, 0.2) is 0 Å². The highest BCUT2D eigenvalue weighted by Crippen LogP contribution is 2.29. The Hall–Kier alpha value is -1.38. The molecule has 1 N–H and O–H groups in total. The van der Waals surface area contributed by atoms with Crippen LogP contribution in [0.3, 0.4) is 0 Å². The van der Waals surface area contributed by atoms with Gasteiger partial charge in [-0.3, -0.25) is 0 Å². The Morgan fingerprint density at radius 1 is 1.15 bits per heavy atom. The van der Waals surface area contributed by atoms with Gasteiger partial charge in [0.05, 0.1) is 0 Å². The molecule has 20 heavy (non-hydrogen) atoms. The molecule has 1 saturated carbocycles. The van der Waals surface area contributed by atoms with E-state index in [2.05, 4.69) is 17.4 Å². The monoisotopic (exact) mass is 289 g/mol. The summed E-state index contributed by atoms with van der Waals surface area (Å²) in [5.41, 5.74) is 3.81. The third-order valence-electron chi connectivity index (χ3n) is 3.70. The lowest BCUT2D eigenvalue weighted by Gasteiger charge is -2.11. The fourth-order valence-electron chi connectivity index (χ4n) is 2.33. The van der Waals surface area contributed by atoms with E-state index in [1.165, 1.54) is 24.5 Å². The molecule has 2 aromatic carbocycles. The predicted molar refractivity (Wildman–Crippen MR) is 81.4 cm³/mol. The summed E-state index contributed by atoms with van der Waals surface area (Å²) in [5.74, 6) is -0.270. The summed E-state index contributed by atoms with van der Waals surface area (Å²) in [6.45, 7) is 2.84. The summed E-state index contributed by atoms with van der Waals surface area (Å²) >= 11 is 5.82. The summed E-state index contributed by atoms with van der Waals surface area (Å²) < 4.78 is 14.1. The van der Waals surface area contributed by atoms with Gasteiger partial charge in [-0.15, -0.1) is 0 Å². The van der Waals surface area contributed by atoms with Crippen LogP contribution in [0, 0.1) is 12.7 Å². The zero-order chi connectivity index (χ0) is 14.1. The van der Waals surface area contributed by atoms with Gasteiger partial charge in [-0.2, -0.15) is 0 Å². The lowest BCUT2D eigenvalue weighted by atomic mass is 9.97. The van der Waals surface area contributed by atoms with E-state index in [0.29, 0.717) is 16.6 Å². The number of nitrogens with one attached hydrogen (secondary N) is 1. The molecule has 0 atom stereocenters. The second kappa shape index (κ2) is 5.55. The third kappa shape index (κ3) is 3.02. The van der Waals surface area contributed by atoms with Gasteiger partial charge in [0.2, 0.25) is 0 Å². The zero-order valence-electron chi connectivity index (χ0n) is 11.4. The van der Waals surface area contributed by atoms with Crippen molar-refractivity contribution in [2.75, 3.05) is 0 Å². The van der Waals surface area contributed by atoms with Crippen molar-refractivity contribution in [3.63, 3.8) is 0 Å². The topological polar surface area (TPSA) is 12.0 Å². The van der Waals surface area contributed by atoms with E-state index in [1.807, 2.05) is 13.0 Å². The van der Waals surface area contributed by atoms with Gasteiger partial charge in [0, 0.05) is 23.2 Å². The zero-order valence-corrected chi connectivity index (χ0v) is 12.2. The SMILES string of the molecule is Cc1ccc(CNC2CC2)cc1-c1ccc(Cl)cc1F. The first-order valence-electron chi connectivity index (χ1n) is 6.92. The molecular formula is C17H17ClFN. The van der Waals surface area contributed by atoms with Crippen LogP contribution in [0.15, 0.2) is 36.4 Å². The maximum Gasteiger partial charge on any atom is 0.132 e. The molecule has 0 aromatic heterocycles. The van der Waals surface area contributed by atoms with Crippen LogP contribution >= 0.6 is 11.6 Å². The average molecular weight is 290 g/mol. The van der Waals surface area contributed by atoms with Crippen molar-refractivity contribution in [1.82, 2.24) is 5.32 Å². The molecule has 2 aromatic rings. The summed E-state index contributed by atoms with van der Waals surface area (Å²) in [4.78, 5) is 0. The van der Waals surface area contributed by atoms with Crippen molar-refractivity contribution in [2.45, 2.75) is 32.4 Å². The Morgan fingerprint density at radius 3 is 2.65 bits per heavy atom. The number of halogens is 2. The second-order valence-corrected chi connectivity index (χ2v) is 5.87. The van der Waals surface area contributed by atoms with Gasteiger partial charge in [-0.25, -0.2) is 4.39 Å². The lowest BCUT2D eigenvalue weighted by molar-refractivity contribution is 0.631. The van der Waals surface area contributed by atoms with Crippen LogP contribution in [0.2, 0.25) is 5.02 Å². The minimum atomic E-state index is -0.270. The summed E-state index contributed by atoms with van der Waals surface area (Å²) in [6.07, 6.45) is 2.54. The molecule has 3 heteroatoms. The van der Waals surface area contributed by atoms with Crippen molar-refractivity contribution in [2.24, 2.45) is 0 Å². The van der Waals surface area contributed by atoms with Crippen LogP contribution in [-0.2, 0) is 6.54 Å². The molecule has 0 amide bonds. The van der Waals surface area contributed by atoms with Gasteiger partial charge in [-0.1, -0.05) is 23.7 Å². The third-order valence-corrected chi connectivity index (χ3v) is 3.93. The van der Waals surface area contributed by atoms with E-state index in [4.69, 9.17) is 11.6 Å². The van der Waals surface area contributed by atoms with Crippen LogP contribution in [0.1, 0.15) is 24.0 Å². The van der Waals surface area contributed by atoms with E-state index in [-0.39, 0.29) is 5.82 Å². The highest BCUT2D eigenvalue weighted by Gasteiger charge is 2.20. The van der Waals surface area contributed by atoms with Crippen molar-refractivity contribution >= 4 is 11.6 Å². The highest BCUT2D eigenvalue weighted by molar-refractivity contribution is 6.30. The minimum absolute atomic E-state index is 0.270. The molecule has 1 aliphatic carbocycles. The second-order valence-electron chi connectivity index (χ2n) is 5.43. The van der Waals surface area contributed by atoms with Crippen molar-refractivity contribution in [3.05, 3.63) is 58.4 Å². The number of benzene rings is 2. The minimum Gasteiger partial charge on any atom is -0.310 e. The summed E-state index contributed by atoms with van der Waals surface area (Å²) in [7, 11) is 0. The van der Waals surface area contributed by atoms with E-state index in [9.17, 15) is 4.39 Å².